The standard InChI is InChI=1S/C17H25N3O3S/c1-9-19-12-11(13(21)16(2,3)4)10(8-18-14(12)24-9)20-15(22)23-17(5,6)7/h8,13,21H,1-7H3,(H,20,22). The second-order valence-electron chi connectivity index (χ2n) is 7.87. The second-order valence-corrected chi connectivity index (χ2v) is 9.05. The highest BCUT2D eigenvalue weighted by atomic mass is 32.1. The third kappa shape index (κ3) is 4.21. The van der Waals surface area contributed by atoms with E-state index in [9.17, 15) is 9.90 Å². The van der Waals surface area contributed by atoms with Gasteiger partial charge in [-0.1, -0.05) is 32.1 Å². The summed E-state index contributed by atoms with van der Waals surface area (Å²) in [7, 11) is 0. The van der Waals surface area contributed by atoms with Crippen LogP contribution in [0.4, 0.5) is 10.5 Å². The molecule has 0 spiro atoms. The molecule has 1 amide bonds. The Morgan fingerprint density at radius 2 is 1.92 bits per heavy atom. The van der Waals surface area contributed by atoms with Crippen LogP contribution in [0.3, 0.4) is 0 Å². The predicted molar refractivity (Wildman–Crippen MR) is 96.4 cm³/mol. The number of rotatable bonds is 2. The van der Waals surface area contributed by atoms with Crippen molar-refractivity contribution in [3.63, 3.8) is 0 Å². The number of aliphatic hydroxyl groups is 1. The number of pyridine rings is 1. The largest absolute Gasteiger partial charge is 0.444 e. The van der Waals surface area contributed by atoms with Crippen molar-refractivity contribution in [2.45, 2.75) is 60.2 Å². The van der Waals surface area contributed by atoms with Crippen LogP contribution in [-0.4, -0.2) is 26.8 Å². The lowest BCUT2D eigenvalue weighted by Gasteiger charge is -2.28. The molecule has 0 saturated carbocycles. The Morgan fingerprint density at radius 3 is 2.46 bits per heavy atom. The van der Waals surface area contributed by atoms with E-state index < -0.39 is 23.2 Å². The highest BCUT2D eigenvalue weighted by molar-refractivity contribution is 7.18. The summed E-state index contributed by atoms with van der Waals surface area (Å²) in [6.45, 7) is 13.1. The fourth-order valence-electron chi connectivity index (χ4n) is 2.22. The molecule has 0 fully saturated rings. The summed E-state index contributed by atoms with van der Waals surface area (Å²) >= 11 is 1.45. The molecule has 0 radical (unpaired) electrons. The van der Waals surface area contributed by atoms with Gasteiger partial charge in [0, 0.05) is 5.56 Å². The fourth-order valence-corrected chi connectivity index (χ4v) is 3.00. The van der Waals surface area contributed by atoms with Gasteiger partial charge in [-0.3, -0.25) is 5.32 Å². The molecule has 132 valence electrons. The van der Waals surface area contributed by atoms with Crippen molar-refractivity contribution in [2.24, 2.45) is 5.41 Å². The topological polar surface area (TPSA) is 84.3 Å². The first kappa shape index (κ1) is 18.6. The molecule has 6 nitrogen and oxygen atoms in total. The summed E-state index contributed by atoms with van der Waals surface area (Å²) < 4.78 is 5.30. The minimum Gasteiger partial charge on any atom is -0.444 e. The Hall–Kier alpha value is -1.73. The van der Waals surface area contributed by atoms with E-state index in [0.717, 1.165) is 9.84 Å². The van der Waals surface area contributed by atoms with Gasteiger partial charge in [-0.05, 0) is 33.1 Å². The van der Waals surface area contributed by atoms with Crippen molar-refractivity contribution < 1.29 is 14.6 Å². The first-order valence-electron chi connectivity index (χ1n) is 7.82. The zero-order valence-electron chi connectivity index (χ0n) is 15.2. The van der Waals surface area contributed by atoms with E-state index in [2.05, 4.69) is 15.3 Å². The monoisotopic (exact) mass is 351 g/mol. The number of aliphatic hydroxyl groups excluding tert-OH is 1. The van der Waals surface area contributed by atoms with Gasteiger partial charge in [-0.25, -0.2) is 14.8 Å². The fraction of sp³-hybridized carbons (Fsp3) is 0.588. The smallest absolute Gasteiger partial charge is 0.412 e. The number of aromatic nitrogens is 2. The summed E-state index contributed by atoms with van der Waals surface area (Å²) in [5.74, 6) is 0. The Kier molecular flexibility index (Phi) is 4.88. The summed E-state index contributed by atoms with van der Waals surface area (Å²) in [6.07, 6.45) is 0.154. The van der Waals surface area contributed by atoms with Crippen LogP contribution in [0.1, 0.15) is 58.2 Å². The molecule has 2 N–H and O–H groups in total. The van der Waals surface area contributed by atoms with Gasteiger partial charge in [0.25, 0.3) is 0 Å². The van der Waals surface area contributed by atoms with Crippen molar-refractivity contribution in [3.8, 4) is 0 Å². The van der Waals surface area contributed by atoms with Gasteiger partial charge in [0.15, 0.2) is 0 Å². The maximum atomic E-state index is 12.1. The van der Waals surface area contributed by atoms with E-state index in [1.54, 1.807) is 27.0 Å². The van der Waals surface area contributed by atoms with Crippen LogP contribution < -0.4 is 5.32 Å². The summed E-state index contributed by atoms with van der Waals surface area (Å²) in [5.41, 5.74) is 0.582. The number of nitrogens with zero attached hydrogens (tertiary/aromatic N) is 2. The van der Waals surface area contributed by atoms with Crippen molar-refractivity contribution in [2.75, 3.05) is 5.32 Å². The SMILES string of the molecule is Cc1nc2c(C(O)C(C)(C)C)c(NC(=O)OC(C)(C)C)cnc2s1. The Labute approximate surface area is 146 Å². The molecule has 0 aliphatic rings. The van der Waals surface area contributed by atoms with Crippen LogP contribution in [0.25, 0.3) is 10.3 Å². The van der Waals surface area contributed by atoms with E-state index in [1.807, 2.05) is 27.7 Å². The molecule has 0 aromatic carbocycles. The maximum absolute atomic E-state index is 12.1. The summed E-state index contributed by atoms with van der Waals surface area (Å²) in [6, 6.07) is 0. The minimum absolute atomic E-state index is 0.420. The molecule has 24 heavy (non-hydrogen) atoms. The van der Waals surface area contributed by atoms with E-state index in [-0.39, 0.29) is 0 Å². The van der Waals surface area contributed by atoms with Crippen LogP contribution in [-0.2, 0) is 4.74 Å². The maximum Gasteiger partial charge on any atom is 0.412 e. The molecule has 0 aliphatic carbocycles. The van der Waals surface area contributed by atoms with Gasteiger partial charge in [0.05, 0.1) is 23.0 Å². The number of thiazole rings is 1. The lowest BCUT2D eigenvalue weighted by molar-refractivity contribution is 0.0613. The van der Waals surface area contributed by atoms with Crippen LogP contribution >= 0.6 is 11.3 Å². The summed E-state index contributed by atoms with van der Waals surface area (Å²) in [5, 5.41) is 14.4. The number of nitrogens with one attached hydrogen (secondary N) is 1. The van der Waals surface area contributed by atoms with E-state index >= 15 is 0 Å². The Bertz CT molecular complexity index is 757. The number of carbonyl (C=O) groups excluding carboxylic acids is 1. The minimum atomic E-state index is -0.811. The quantitative estimate of drug-likeness (QED) is 0.836. The average molecular weight is 351 g/mol. The number of ether oxygens (including phenoxy) is 1. The molecule has 1 atom stereocenters. The summed E-state index contributed by atoms with van der Waals surface area (Å²) in [4.78, 5) is 21.7. The molecule has 7 heteroatoms. The van der Waals surface area contributed by atoms with Crippen molar-refractivity contribution >= 4 is 33.5 Å². The molecule has 2 aromatic heterocycles. The van der Waals surface area contributed by atoms with Gasteiger partial charge in [0.2, 0.25) is 0 Å². The van der Waals surface area contributed by atoms with Gasteiger partial charge < -0.3 is 9.84 Å². The molecule has 0 aliphatic heterocycles. The van der Waals surface area contributed by atoms with Gasteiger partial charge >= 0.3 is 6.09 Å². The van der Waals surface area contributed by atoms with Crippen molar-refractivity contribution in [1.82, 2.24) is 9.97 Å². The molecule has 2 heterocycles. The van der Waals surface area contributed by atoms with E-state index in [1.165, 1.54) is 11.3 Å². The number of anilines is 1. The predicted octanol–water partition coefficient (Wildman–Crippen LogP) is 4.43. The van der Waals surface area contributed by atoms with E-state index in [4.69, 9.17) is 4.74 Å². The number of aryl methyl sites for hydroxylation is 1. The number of amides is 1. The molecule has 0 saturated heterocycles. The lowest BCUT2D eigenvalue weighted by Crippen LogP contribution is -2.28. The van der Waals surface area contributed by atoms with Gasteiger partial charge in [-0.15, -0.1) is 0 Å². The van der Waals surface area contributed by atoms with Crippen molar-refractivity contribution in [3.05, 3.63) is 16.8 Å². The normalized spacial score (nSPS) is 13.8. The molecule has 2 aromatic rings. The molecule has 0 bridgehead atoms. The number of fused-ring (bicyclic) bond motifs is 1. The number of carbonyl (C=O) groups is 1. The number of hydrogen-bond donors (Lipinski definition) is 2. The first-order valence-corrected chi connectivity index (χ1v) is 8.64. The highest BCUT2D eigenvalue weighted by Crippen LogP contribution is 2.40. The van der Waals surface area contributed by atoms with Gasteiger partial charge in [0.1, 0.15) is 15.9 Å². The molecule has 2 rings (SSSR count). The van der Waals surface area contributed by atoms with Crippen LogP contribution in [0, 0.1) is 12.3 Å². The van der Waals surface area contributed by atoms with E-state index in [0.29, 0.717) is 16.8 Å². The third-order valence-electron chi connectivity index (χ3n) is 3.30. The van der Waals surface area contributed by atoms with Crippen LogP contribution in [0.5, 0.6) is 0 Å². The Balaban J connectivity index is 2.51. The lowest BCUT2D eigenvalue weighted by atomic mass is 9.84. The molecular formula is C17H25N3O3S. The third-order valence-corrected chi connectivity index (χ3v) is 4.18. The number of hydrogen-bond acceptors (Lipinski definition) is 6. The zero-order valence-corrected chi connectivity index (χ0v) is 16.0. The molecule has 1 unspecified atom stereocenters. The Morgan fingerprint density at radius 1 is 1.29 bits per heavy atom. The highest BCUT2D eigenvalue weighted by Gasteiger charge is 2.30. The van der Waals surface area contributed by atoms with Crippen LogP contribution in [0.2, 0.25) is 0 Å². The zero-order chi connectivity index (χ0) is 18.3. The average Bonchev–Trinajstić information content (AvgIpc) is 2.74. The first-order chi connectivity index (χ1) is 10.9. The molecular weight excluding hydrogens is 326 g/mol. The second kappa shape index (κ2) is 6.29. The van der Waals surface area contributed by atoms with Crippen LogP contribution in [0.15, 0.2) is 6.20 Å². The van der Waals surface area contributed by atoms with Crippen molar-refractivity contribution in [1.29, 1.82) is 0 Å². The van der Waals surface area contributed by atoms with Gasteiger partial charge in [-0.2, -0.15) is 0 Å².